The number of nitrogens with one attached hydrogen (secondary N) is 1. The zero-order chi connectivity index (χ0) is 14.0. The molecule has 1 aromatic rings. The molecule has 2 heterocycles. The van der Waals surface area contributed by atoms with Crippen LogP contribution in [-0.2, 0) is 22.9 Å². The van der Waals surface area contributed by atoms with E-state index in [-0.39, 0.29) is 5.75 Å². The minimum Gasteiger partial charge on any atom is -0.463 e. The molecule has 1 saturated carbocycles. The third-order valence-electron chi connectivity index (χ3n) is 3.89. The highest BCUT2D eigenvalue weighted by Gasteiger charge is 2.21. The predicted octanol–water partition coefficient (Wildman–Crippen LogP) is 1.15. The van der Waals surface area contributed by atoms with E-state index in [9.17, 15) is 8.42 Å². The van der Waals surface area contributed by atoms with Crippen LogP contribution >= 0.6 is 0 Å². The fraction of sp³-hybridized carbons (Fsp3) is 0.714. The van der Waals surface area contributed by atoms with E-state index in [0.29, 0.717) is 24.9 Å². The maximum atomic E-state index is 11.6. The van der Waals surface area contributed by atoms with E-state index < -0.39 is 9.84 Å². The Morgan fingerprint density at radius 1 is 1.20 bits per heavy atom. The van der Waals surface area contributed by atoms with Crippen molar-refractivity contribution in [2.45, 2.75) is 38.4 Å². The van der Waals surface area contributed by atoms with Crippen molar-refractivity contribution in [2.75, 3.05) is 24.6 Å². The van der Waals surface area contributed by atoms with Crippen LogP contribution in [0.5, 0.6) is 0 Å². The second-order valence-corrected chi connectivity index (χ2v) is 8.11. The molecule has 0 bridgehead atoms. The van der Waals surface area contributed by atoms with Crippen molar-refractivity contribution in [1.29, 1.82) is 0 Å². The maximum Gasteiger partial charge on any atom is 0.151 e. The number of nitrogens with zero attached hydrogens (tertiary/aromatic N) is 1. The Bertz CT molecular complexity index is 549. The fourth-order valence-electron chi connectivity index (χ4n) is 2.50. The summed E-state index contributed by atoms with van der Waals surface area (Å²) >= 11 is 0. The van der Waals surface area contributed by atoms with Crippen LogP contribution in [0.15, 0.2) is 16.5 Å². The van der Waals surface area contributed by atoms with Crippen LogP contribution in [0.2, 0.25) is 0 Å². The van der Waals surface area contributed by atoms with Crippen molar-refractivity contribution >= 4 is 9.84 Å². The Labute approximate surface area is 120 Å². The number of rotatable bonds is 5. The molecular weight excluding hydrogens is 276 g/mol. The zero-order valence-corrected chi connectivity index (χ0v) is 12.5. The molecule has 0 aromatic carbocycles. The van der Waals surface area contributed by atoms with Gasteiger partial charge in [0.1, 0.15) is 11.5 Å². The predicted molar refractivity (Wildman–Crippen MR) is 77.1 cm³/mol. The van der Waals surface area contributed by atoms with Gasteiger partial charge in [0.25, 0.3) is 0 Å². The van der Waals surface area contributed by atoms with E-state index in [1.54, 1.807) is 0 Å². The van der Waals surface area contributed by atoms with Crippen molar-refractivity contribution in [1.82, 2.24) is 10.2 Å². The second kappa shape index (κ2) is 5.87. The van der Waals surface area contributed by atoms with Gasteiger partial charge in [-0.3, -0.25) is 4.90 Å². The molecule has 1 aromatic heterocycles. The van der Waals surface area contributed by atoms with E-state index in [1.165, 1.54) is 12.8 Å². The van der Waals surface area contributed by atoms with Gasteiger partial charge in [0.05, 0.1) is 24.6 Å². The Kier molecular flexibility index (Phi) is 4.14. The van der Waals surface area contributed by atoms with Crippen LogP contribution in [0, 0.1) is 0 Å². The van der Waals surface area contributed by atoms with Crippen molar-refractivity contribution in [3.05, 3.63) is 23.7 Å². The van der Waals surface area contributed by atoms with Crippen LogP contribution in [0.3, 0.4) is 0 Å². The molecule has 0 spiro atoms. The summed E-state index contributed by atoms with van der Waals surface area (Å²) in [5, 5.41) is 3.42. The Morgan fingerprint density at radius 2 is 2.00 bits per heavy atom. The average molecular weight is 298 g/mol. The summed E-state index contributed by atoms with van der Waals surface area (Å²) in [6.45, 7) is 2.94. The summed E-state index contributed by atoms with van der Waals surface area (Å²) in [7, 11) is -2.83. The molecule has 5 nitrogen and oxygen atoms in total. The third-order valence-corrected chi connectivity index (χ3v) is 5.60. The summed E-state index contributed by atoms with van der Waals surface area (Å²) in [6, 6.07) is 4.70. The molecule has 1 aliphatic heterocycles. The monoisotopic (exact) mass is 298 g/mol. The molecule has 2 aliphatic rings. The van der Waals surface area contributed by atoms with Crippen LogP contribution < -0.4 is 5.32 Å². The van der Waals surface area contributed by atoms with E-state index in [4.69, 9.17) is 4.42 Å². The standard InChI is InChI=1S/C14H22N2O3S/c17-20(18)8-1-6-16(7-9-20)11-14-5-4-13(19-14)10-15-12-2-3-12/h4-5,12,15H,1-3,6-11H2. The molecule has 0 radical (unpaired) electrons. The first kappa shape index (κ1) is 14.1. The summed E-state index contributed by atoms with van der Waals surface area (Å²) in [4.78, 5) is 2.17. The van der Waals surface area contributed by atoms with Crippen molar-refractivity contribution < 1.29 is 12.8 Å². The van der Waals surface area contributed by atoms with Gasteiger partial charge in [-0.25, -0.2) is 8.42 Å². The second-order valence-electron chi connectivity index (χ2n) is 5.80. The molecule has 6 heteroatoms. The molecule has 1 aliphatic carbocycles. The molecular formula is C14H22N2O3S. The molecule has 3 rings (SSSR count). The Balaban J connectivity index is 1.51. The topological polar surface area (TPSA) is 62.6 Å². The summed E-state index contributed by atoms with van der Waals surface area (Å²) in [6.07, 6.45) is 3.27. The van der Waals surface area contributed by atoms with Gasteiger partial charge in [-0.15, -0.1) is 0 Å². The quantitative estimate of drug-likeness (QED) is 0.883. The molecule has 0 amide bonds. The molecule has 112 valence electrons. The third kappa shape index (κ3) is 4.07. The van der Waals surface area contributed by atoms with Crippen LogP contribution in [-0.4, -0.2) is 44.0 Å². The van der Waals surface area contributed by atoms with Gasteiger partial charge in [-0.05, 0) is 37.9 Å². The lowest BCUT2D eigenvalue weighted by Crippen LogP contribution is -2.26. The van der Waals surface area contributed by atoms with Gasteiger partial charge in [0.2, 0.25) is 0 Å². The summed E-state index contributed by atoms with van der Waals surface area (Å²) < 4.78 is 28.9. The minimum atomic E-state index is -2.83. The highest BCUT2D eigenvalue weighted by molar-refractivity contribution is 7.91. The lowest BCUT2D eigenvalue weighted by Gasteiger charge is -2.17. The highest BCUT2D eigenvalue weighted by atomic mass is 32.2. The first-order valence-corrected chi connectivity index (χ1v) is 9.17. The van der Waals surface area contributed by atoms with Gasteiger partial charge in [-0.1, -0.05) is 0 Å². The van der Waals surface area contributed by atoms with Crippen LogP contribution in [0.1, 0.15) is 30.8 Å². The molecule has 0 atom stereocenters. The Hall–Kier alpha value is -0.850. The highest BCUT2D eigenvalue weighted by Crippen LogP contribution is 2.20. The lowest BCUT2D eigenvalue weighted by atomic mass is 10.3. The molecule has 0 unspecified atom stereocenters. The van der Waals surface area contributed by atoms with Crippen molar-refractivity contribution in [3.8, 4) is 0 Å². The van der Waals surface area contributed by atoms with Crippen molar-refractivity contribution in [2.24, 2.45) is 0 Å². The molecule has 2 fully saturated rings. The normalized spacial score (nSPS) is 23.6. The first-order valence-electron chi connectivity index (χ1n) is 7.34. The minimum absolute atomic E-state index is 0.268. The van der Waals surface area contributed by atoms with Gasteiger partial charge >= 0.3 is 0 Å². The summed E-state index contributed by atoms with van der Waals surface area (Å²) in [5.41, 5.74) is 0. The van der Waals surface area contributed by atoms with Gasteiger partial charge in [0.15, 0.2) is 9.84 Å². The first-order chi connectivity index (χ1) is 9.61. The SMILES string of the molecule is O=S1(=O)CCCN(Cc2ccc(CNC3CC3)o2)CC1. The lowest BCUT2D eigenvalue weighted by molar-refractivity contribution is 0.258. The van der Waals surface area contributed by atoms with E-state index in [1.807, 2.05) is 12.1 Å². The number of sulfone groups is 1. The van der Waals surface area contributed by atoms with E-state index in [0.717, 1.165) is 31.0 Å². The molecule has 20 heavy (non-hydrogen) atoms. The van der Waals surface area contributed by atoms with E-state index in [2.05, 4.69) is 10.2 Å². The zero-order valence-electron chi connectivity index (χ0n) is 11.7. The fourth-order valence-corrected chi connectivity index (χ4v) is 3.81. The molecule has 1 saturated heterocycles. The number of hydrogen-bond donors (Lipinski definition) is 1. The van der Waals surface area contributed by atoms with Gasteiger partial charge in [0, 0.05) is 12.6 Å². The maximum absolute atomic E-state index is 11.6. The smallest absolute Gasteiger partial charge is 0.151 e. The molecule has 1 N–H and O–H groups in total. The average Bonchev–Trinajstić information content (AvgIpc) is 3.15. The van der Waals surface area contributed by atoms with Crippen LogP contribution in [0.4, 0.5) is 0 Å². The largest absolute Gasteiger partial charge is 0.463 e. The van der Waals surface area contributed by atoms with E-state index >= 15 is 0 Å². The number of furan rings is 1. The summed E-state index contributed by atoms with van der Waals surface area (Å²) in [5.74, 6) is 2.48. The van der Waals surface area contributed by atoms with Crippen molar-refractivity contribution in [3.63, 3.8) is 0 Å². The van der Waals surface area contributed by atoms with Crippen LogP contribution in [0.25, 0.3) is 0 Å². The van der Waals surface area contributed by atoms with Gasteiger partial charge < -0.3 is 9.73 Å². The number of hydrogen-bond acceptors (Lipinski definition) is 5. The van der Waals surface area contributed by atoms with Gasteiger partial charge in [-0.2, -0.15) is 0 Å². The Morgan fingerprint density at radius 3 is 2.80 bits per heavy atom.